The van der Waals surface area contributed by atoms with Crippen molar-refractivity contribution in [3.8, 4) is 0 Å². The second-order valence-electron chi connectivity index (χ2n) is 5.99. The molecule has 0 amide bonds. The number of rotatable bonds is 4. The van der Waals surface area contributed by atoms with Crippen LogP contribution in [0.3, 0.4) is 0 Å². The highest BCUT2D eigenvalue weighted by molar-refractivity contribution is 7.92. The van der Waals surface area contributed by atoms with Gasteiger partial charge in [-0.1, -0.05) is 18.2 Å². The van der Waals surface area contributed by atoms with Crippen LogP contribution >= 0.6 is 0 Å². The van der Waals surface area contributed by atoms with Crippen LogP contribution < -0.4 is 9.62 Å². The summed E-state index contributed by atoms with van der Waals surface area (Å²) in [5.74, 6) is 0.278. The van der Waals surface area contributed by atoms with Crippen LogP contribution in [0.2, 0.25) is 0 Å². The van der Waals surface area contributed by atoms with Crippen LogP contribution in [0, 0.1) is 5.82 Å². The van der Waals surface area contributed by atoms with Gasteiger partial charge in [0, 0.05) is 12.2 Å². The van der Waals surface area contributed by atoms with Crippen molar-refractivity contribution in [1.29, 1.82) is 0 Å². The number of halogens is 1. The Hall–Kier alpha value is -2.93. The molecule has 0 spiro atoms. The molecular formula is C19H16FN3O2S. The fourth-order valence-electron chi connectivity index (χ4n) is 3.01. The summed E-state index contributed by atoms with van der Waals surface area (Å²) in [6.45, 7) is 0.840. The molecule has 3 aromatic rings. The van der Waals surface area contributed by atoms with Gasteiger partial charge in [0.25, 0.3) is 10.0 Å². The Morgan fingerprint density at radius 3 is 2.50 bits per heavy atom. The Labute approximate surface area is 151 Å². The summed E-state index contributed by atoms with van der Waals surface area (Å²) in [5, 5.41) is 0. The number of pyridine rings is 1. The van der Waals surface area contributed by atoms with E-state index in [0.29, 0.717) is 5.69 Å². The molecule has 1 aliphatic heterocycles. The second-order valence-corrected chi connectivity index (χ2v) is 7.68. The van der Waals surface area contributed by atoms with Crippen LogP contribution in [0.15, 0.2) is 71.8 Å². The van der Waals surface area contributed by atoms with E-state index < -0.39 is 15.8 Å². The van der Waals surface area contributed by atoms with Crippen LogP contribution in [0.1, 0.15) is 5.56 Å². The minimum absolute atomic E-state index is 0.00329. The van der Waals surface area contributed by atoms with Crippen molar-refractivity contribution < 1.29 is 12.8 Å². The SMILES string of the molecule is O=S(=O)(Nc1ccc(N2CCc3ccccc32)nc1)c1ccc(F)cc1. The van der Waals surface area contributed by atoms with E-state index >= 15 is 0 Å². The predicted octanol–water partition coefficient (Wildman–Crippen LogP) is 3.72. The lowest BCUT2D eigenvalue weighted by Crippen LogP contribution is -2.16. The van der Waals surface area contributed by atoms with Gasteiger partial charge in [0.2, 0.25) is 0 Å². The van der Waals surface area contributed by atoms with E-state index in [2.05, 4.69) is 26.7 Å². The highest BCUT2D eigenvalue weighted by atomic mass is 32.2. The third kappa shape index (κ3) is 3.13. The van der Waals surface area contributed by atoms with Gasteiger partial charge in [0.05, 0.1) is 16.8 Å². The monoisotopic (exact) mass is 369 g/mol. The van der Waals surface area contributed by atoms with Crippen LogP contribution in [0.5, 0.6) is 0 Å². The standard InChI is InChI=1S/C19H16FN3O2S/c20-15-5-8-17(9-6-15)26(24,25)22-16-7-10-19(21-13-16)23-12-11-14-3-1-2-4-18(14)23/h1-10,13,22H,11-12H2. The zero-order chi connectivity index (χ0) is 18.1. The lowest BCUT2D eigenvalue weighted by Gasteiger charge is -2.18. The van der Waals surface area contributed by atoms with E-state index in [0.717, 1.165) is 36.6 Å². The molecule has 4 rings (SSSR count). The maximum atomic E-state index is 13.0. The van der Waals surface area contributed by atoms with Crippen LogP contribution in [0.25, 0.3) is 0 Å². The third-order valence-corrected chi connectivity index (χ3v) is 5.68. The summed E-state index contributed by atoms with van der Waals surface area (Å²) >= 11 is 0. The van der Waals surface area contributed by atoms with Gasteiger partial charge in [-0.25, -0.2) is 17.8 Å². The van der Waals surface area contributed by atoms with Crippen LogP contribution in [-0.4, -0.2) is 19.9 Å². The molecule has 1 aromatic heterocycles. The van der Waals surface area contributed by atoms with Crippen LogP contribution in [0.4, 0.5) is 21.6 Å². The molecule has 7 heteroatoms. The molecule has 0 aliphatic carbocycles. The fourth-order valence-corrected chi connectivity index (χ4v) is 4.05. The molecule has 0 saturated carbocycles. The smallest absolute Gasteiger partial charge is 0.261 e. The average Bonchev–Trinajstić information content (AvgIpc) is 3.07. The lowest BCUT2D eigenvalue weighted by molar-refractivity contribution is 0.599. The van der Waals surface area contributed by atoms with E-state index in [4.69, 9.17) is 0 Å². The number of nitrogens with one attached hydrogen (secondary N) is 1. The van der Waals surface area contributed by atoms with Crippen LogP contribution in [-0.2, 0) is 16.4 Å². The first-order chi connectivity index (χ1) is 12.5. The maximum Gasteiger partial charge on any atom is 0.261 e. The van der Waals surface area contributed by atoms with E-state index in [1.165, 1.54) is 23.9 Å². The molecule has 0 unspecified atom stereocenters. The van der Waals surface area contributed by atoms with Crippen molar-refractivity contribution in [2.75, 3.05) is 16.2 Å². The highest BCUT2D eigenvalue weighted by Crippen LogP contribution is 2.33. The van der Waals surface area contributed by atoms with Gasteiger partial charge in [0.1, 0.15) is 11.6 Å². The molecule has 132 valence electrons. The van der Waals surface area contributed by atoms with Crippen molar-refractivity contribution in [1.82, 2.24) is 4.98 Å². The minimum Gasteiger partial charge on any atom is -0.326 e. The average molecular weight is 369 g/mol. The van der Waals surface area contributed by atoms with E-state index in [1.54, 1.807) is 12.1 Å². The predicted molar refractivity (Wildman–Crippen MR) is 98.6 cm³/mol. The van der Waals surface area contributed by atoms with E-state index in [9.17, 15) is 12.8 Å². The van der Waals surface area contributed by atoms with Gasteiger partial charge in [-0.15, -0.1) is 0 Å². The summed E-state index contributed by atoms with van der Waals surface area (Å²) < 4.78 is 40.1. The van der Waals surface area contributed by atoms with Gasteiger partial charge >= 0.3 is 0 Å². The molecule has 0 radical (unpaired) electrons. The van der Waals surface area contributed by atoms with Gasteiger partial charge < -0.3 is 4.90 Å². The molecule has 26 heavy (non-hydrogen) atoms. The molecule has 2 heterocycles. The first-order valence-electron chi connectivity index (χ1n) is 8.13. The number of para-hydroxylation sites is 1. The van der Waals surface area contributed by atoms with Gasteiger partial charge in [-0.3, -0.25) is 4.72 Å². The molecular weight excluding hydrogens is 353 g/mol. The first kappa shape index (κ1) is 16.5. The second kappa shape index (κ2) is 6.42. The Balaban J connectivity index is 1.54. The maximum absolute atomic E-state index is 13.0. The number of hydrogen-bond donors (Lipinski definition) is 1. The zero-order valence-electron chi connectivity index (χ0n) is 13.8. The summed E-state index contributed by atoms with van der Waals surface area (Å²) in [5.41, 5.74) is 2.75. The molecule has 1 N–H and O–H groups in total. The fraction of sp³-hybridized carbons (Fsp3) is 0.105. The highest BCUT2D eigenvalue weighted by Gasteiger charge is 2.21. The molecule has 0 fully saturated rings. The molecule has 0 atom stereocenters. The number of benzene rings is 2. The number of sulfonamides is 1. The van der Waals surface area contributed by atoms with Crippen molar-refractivity contribution >= 4 is 27.2 Å². The molecule has 0 saturated heterocycles. The molecule has 0 bridgehead atoms. The topological polar surface area (TPSA) is 62.3 Å². The van der Waals surface area contributed by atoms with E-state index in [1.807, 2.05) is 12.1 Å². The van der Waals surface area contributed by atoms with Gasteiger partial charge in [-0.2, -0.15) is 0 Å². The summed E-state index contributed by atoms with van der Waals surface area (Å²) in [7, 11) is -3.78. The molecule has 5 nitrogen and oxygen atoms in total. The van der Waals surface area contributed by atoms with Crippen molar-refractivity contribution in [2.45, 2.75) is 11.3 Å². The number of aromatic nitrogens is 1. The summed E-state index contributed by atoms with van der Waals surface area (Å²) in [6.07, 6.45) is 2.44. The Morgan fingerprint density at radius 2 is 1.77 bits per heavy atom. The summed E-state index contributed by atoms with van der Waals surface area (Å²) in [4.78, 5) is 6.49. The molecule has 2 aromatic carbocycles. The quantitative estimate of drug-likeness (QED) is 0.761. The first-order valence-corrected chi connectivity index (χ1v) is 9.61. The van der Waals surface area contributed by atoms with Gasteiger partial charge in [-0.05, 0) is 54.4 Å². The third-order valence-electron chi connectivity index (χ3n) is 4.29. The van der Waals surface area contributed by atoms with E-state index in [-0.39, 0.29) is 4.90 Å². The summed E-state index contributed by atoms with van der Waals surface area (Å²) in [6, 6.07) is 16.3. The number of nitrogens with zero attached hydrogens (tertiary/aromatic N) is 2. The lowest BCUT2D eigenvalue weighted by atomic mass is 10.2. The van der Waals surface area contributed by atoms with Crippen molar-refractivity contribution in [3.05, 3.63) is 78.2 Å². The zero-order valence-corrected chi connectivity index (χ0v) is 14.6. The number of anilines is 3. The Morgan fingerprint density at radius 1 is 1.00 bits per heavy atom. The normalized spacial score (nSPS) is 13.5. The molecule has 1 aliphatic rings. The van der Waals surface area contributed by atoms with Gasteiger partial charge in [0.15, 0.2) is 0 Å². The van der Waals surface area contributed by atoms with Crippen molar-refractivity contribution in [2.24, 2.45) is 0 Å². The number of hydrogen-bond acceptors (Lipinski definition) is 4. The Bertz CT molecular complexity index is 1040. The largest absolute Gasteiger partial charge is 0.326 e. The number of fused-ring (bicyclic) bond motifs is 1. The van der Waals surface area contributed by atoms with Crippen molar-refractivity contribution in [3.63, 3.8) is 0 Å². The minimum atomic E-state index is -3.78. The Kier molecular flexibility index (Phi) is 4.08.